The van der Waals surface area contributed by atoms with Crippen LogP contribution in [0.2, 0.25) is 0 Å². The van der Waals surface area contributed by atoms with Crippen molar-refractivity contribution in [3.63, 3.8) is 0 Å². The van der Waals surface area contributed by atoms with Gasteiger partial charge in [-0.25, -0.2) is 0 Å². The second kappa shape index (κ2) is 3.34. The molecule has 2 rings (SSSR count). The fourth-order valence-corrected chi connectivity index (χ4v) is 2.10. The minimum absolute atomic E-state index is 0.935. The fourth-order valence-electron chi connectivity index (χ4n) is 1.23. The Labute approximate surface area is 81.8 Å². The van der Waals surface area contributed by atoms with E-state index >= 15 is 0 Å². The topological polar surface area (TPSA) is 17.8 Å². The summed E-state index contributed by atoms with van der Waals surface area (Å²) in [6.07, 6.45) is 2.02. The highest BCUT2D eigenvalue weighted by molar-refractivity contribution is 7.13. The summed E-state index contributed by atoms with van der Waals surface area (Å²) in [4.78, 5) is 1.25. The Morgan fingerprint density at radius 1 is 1.54 bits per heavy atom. The van der Waals surface area contributed by atoms with Crippen molar-refractivity contribution in [3.05, 3.63) is 29.3 Å². The highest BCUT2D eigenvalue weighted by Crippen LogP contribution is 2.24. The van der Waals surface area contributed by atoms with Crippen LogP contribution in [0, 0.1) is 6.92 Å². The molecule has 0 fully saturated rings. The first-order valence-electron chi connectivity index (χ1n) is 4.38. The van der Waals surface area contributed by atoms with Gasteiger partial charge in [0.25, 0.3) is 0 Å². The van der Waals surface area contributed by atoms with E-state index in [4.69, 9.17) is 0 Å². The van der Waals surface area contributed by atoms with Crippen LogP contribution in [0.4, 0.5) is 0 Å². The van der Waals surface area contributed by atoms with Crippen molar-refractivity contribution in [1.82, 2.24) is 9.78 Å². The number of rotatable bonds is 2. The quantitative estimate of drug-likeness (QED) is 0.715. The largest absolute Gasteiger partial charge is 0.272 e. The van der Waals surface area contributed by atoms with Crippen molar-refractivity contribution in [1.29, 1.82) is 0 Å². The second-order valence-electron chi connectivity index (χ2n) is 3.04. The monoisotopic (exact) mass is 192 g/mol. The van der Waals surface area contributed by atoms with Crippen LogP contribution < -0.4 is 0 Å². The number of aromatic nitrogens is 2. The Kier molecular flexibility index (Phi) is 2.19. The Morgan fingerprint density at radius 3 is 2.92 bits per heavy atom. The van der Waals surface area contributed by atoms with Crippen LogP contribution in [0.5, 0.6) is 0 Å². The van der Waals surface area contributed by atoms with Gasteiger partial charge in [-0.2, -0.15) is 5.10 Å². The molecule has 13 heavy (non-hydrogen) atoms. The number of thiophene rings is 1. The number of hydrogen-bond donors (Lipinski definition) is 0. The summed E-state index contributed by atoms with van der Waals surface area (Å²) in [5.41, 5.74) is 2.39. The Bertz CT molecular complexity index is 400. The summed E-state index contributed by atoms with van der Waals surface area (Å²) in [7, 11) is 0. The van der Waals surface area contributed by atoms with Crippen molar-refractivity contribution in [3.8, 4) is 10.6 Å². The highest BCUT2D eigenvalue weighted by Gasteiger charge is 2.03. The van der Waals surface area contributed by atoms with E-state index in [1.165, 1.54) is 10.4 Å². The molecular weight excluding hydrogens is 180 g/mol. The van der Waals surface area contributed by atoms with E-state index < -0.39 is 0 Å². The maximum atomic E-state index is 4.44. The molecule has 3 heteroatoms. The van der Waals surface area contributed by atoms with Gasteiger partial charge >= 0.3 is 0 Å². The lowest BCUT2D eigenvalue weighted by atomic mass is 10.3. The molecule has 68 valence electrons. The maximum absolute atomic E-state index is 4.44. The van der Waals surface area contributed by atoms with Crippen molar-refractivity contribution in [2.75, 3.05) is 0 Å². The van der Waals surface area contributed by atoms with Gasteiger partial charge in [-0.05, 0) is 36.9 Å². The van der Waals surface area contributed by atoms with Gasteiger partial charge in [0.15, 0.2) is 0 Å². The first kappa shape index (κ1) is 8.51. The van der Waals surface area contributed by atoms with E-state index in [0.29, 0.717) is 0 Å². The minimum atomic E-state index is 0.935. The Balaban J connectivity index is 2.35. The Morgan fingerprint density at radius 2 is 2.38 bits per heavy atom. The first-order chi connectivity index (χ1) is 6.29. The molecule has 0 aromatic carbocycles. The van der Waals surface area contributed by atoms with E-state index in [1.807, 2.05) is 10.9 Å². The van der Waals surface area contributed by atoms with E-state index in [2.05, 4.69) is 36.5 Å². The molecule has 0 saturated heterocycles. The van der Waals surface area contributed by atoms with Gasteiger partial charge in [0.05, 0.1) is 4.88 Å². The predicted octanol–water partition coefficient (Wildman–Crippen LogP) is 2.94. The summed E-state index contributed by atoms with van der Waals surface area (Å²) in [6.45, 7) is 5.14. The molecule has 2 nitrogen and oxygen atoms in total. The summed E-state index contributed by atoms with van der Waals surface area (Å²) in [5.74, 6) is 0. The third-order valence-corrected chi connectivity index (χ3v) is 3.02. The molecular formula is C10H12N2S. The van der Waals surface area contributed by atoms with E-state index in [1.54, 1.807) is 11.3 Å². The van der Waals surface area contributed by atoms with Gasteiger partial charge in [-0.3, -0.25) is 4.68 Å². The molecule has 0 amide bonds. The van der Waals surface area contributed by atoms with Crippen LogP contribution in [-0.4, -0.2) is 9.78 Å². The molecule has 0 aliphatic heterocycles. The van der Waals surface area contributed by atoms with Crippen LogP contribution >= 0.6 is 11.3 Å². The zero-order valence-corrected chi connectivity index (χ0v) is 8.64. The molecule has 0 bridgehead atoms. The molecule has 0 spiro atoms. The van der Waals surface area contributed by atoms with Crippen LogP contribution in [0.25, 0.3) is 10.6 Å². The van der Waals surface area contributed by atoms with Gasteiger partial charge in [-0.15, -0.1) is 11.3 Å². The van der Waals surface area contributed by atoms with E-state index in [0.717, 1.165) is 12.2 Å². The number of hydrogen-bond acceptors (Lipinski definition) is 2. The highest BCUT2D eigenvalue weighted by atomic mass is 32.1. The van der Waals surface area contributed by atoms with Gasteiger partial charge in [0, 0.05) is 12.7 Å². The predicted molar refractivity (Wildman–Crippen MR) is 56.0 cm³/mol. The third kappa shape index (κ3) is 1.65. The summed E-state index contributed by atoms with van der Waals surface area (Å²) in [6, 6.07) is 4.24. The molecule has 2 aromatic heterocycles. The fraction of sp³-hybridized carbons (Fsp3) is 0.300. The number of nitrogens with zero attached hydrogens (tertiary/aromatic N) is 2. The summed E-state index contributed by atoms with van der Waals surface area (Å²) < 4.78 is 1.95. The normalized spacial score (nSPS) is 10.6. The second-order valence-corrected chi connectivity index (χ2v) is 3.96. The van der Waals surface area contributed by atoms with Gasteiger partial charge in [0.1, 0.15) is 5.69 Å². The third-order valence-electron chi connectivity index (χ3n) is 1.95. The lowest BCUT2D eigenvalue weighted by molar-refractivity contribution is 0.662. The van der Waals surface area contributed by atoms with Crippen molar-refractivity contribution < 1.29 is 0 Å². The molecule has 2 aromatic rings. The molecule has 0 saturated carbocycles. The minimum Gasteiger partial charge on any atom is -0.272 e. The van der Waals surface area contributed by atoms with Crippen molar-refractivity contribution in [2.45, 2.75) is 20.4 Å². The summed E-state index contributed by atoms with van der Waals surface area (Å²) in [5, 5.41) is 6.59. The van der Waals surface area contributed by atoms with Gasteiger partial charge in [0.2, 0.25) is 0 Å². The maximum Gasteiger partial charge on any atom is 0.102 e. The van der Waals surface area contributed by atoms with Crippen LogP contribution in [0.1, 0.15) is 12.5 Å². The lowest BCUT2D eigenvalue weighted by Gasteiger charge is -1.91. The van der Waals surface area contributed by atoms with E-state index in [-0.39, 0.29) is 0 Å². The van der Waals surface area contributed by atoms with Crippen LogP contribution in [-0.2, 0) is 6.54 Å². The molecule has 0 N–H and O–H groups in total. The van der Waals surface area contributed by atoms with Gasteiger partial charge in [-0.1, -0.05) is 0 Å². The number of aryl methyl sites for hydroxylation is 2. The smallest absolute Gasteiger partial charge is 0.102 e. The zero-order valence-electron chi connectivity index (χ0n) is 7.82. The molecule has 2 heterocycles. The van der Waals surface area contributed by atoms with Crippen LogP contribution in [0.3, 0.4) is 0 Å². The van der Waals surface area contributed by atoms with Crippen molar-refractivity contribution >= 4 is 11.3 Å². The molecule has 0 aliphatic carbocycles. The zero-order chi connectivity index (χ0) is 9.26. The van der Waals surface area contributed by atoms with Crippen LogP contribution in [0.15, 0.2) is 23.7 Å². The summed E-state index contributed by atoms with van der Waals surface area (Å²) >= 11 is 1.75. The lowest BCUT2D eigenvalue weighted by Crippen LogP contribution is -1.93. The van der Waals surface area contributed by atoms with E-state index in [9.17, 15) is 0 Å². The molecule has 0 unspecified atom stereocenters. The van der Waals surface area contributed by atoms with Crippen molar-refractivity contribution in [2.24, 2.45) is 0 Å². The molecule has 0 radical (unpaired) electrons. The first-order valence-corrected chi connectivity index (χ1v) is 5.26. The average Bonchev–Trinajstić information content (AvgIpc) is 2.71. The average molecular weight is 192 g/mol. The molecule has 0 atom stereocenters. The standard InChI is InChI=1S/C10H12N2S/c1-3-12-5-4-9(11-12)10-6-8(2)7-13-10/h4-7H,3H2,1-2H3. The molecule has 0 aliphatic rings. The SMILES string of the molecule is CCn1ccc(-c2cc(C)cs2)n1. The Hall–Kier alpha value is -1.09. The van der Waals surface area contributed by atoms with Gasteiger partial charge < -0.3 is 0 Å².